The molecule has 0 aromatic heterocycles. The maximum absolute atomic E-state index is 12.7. The van der Waals surface area contributed by atoms with Crippen LogP contribution < -0.4 is 10.1 Å². The van der Waals surface area contributed by atoms with Gasteiger partial charge >= 0.3 is 0 Å². The number of unbranched alkanes of at least 4 members (excludes halogenated alkanes) is 1. The topological polar surface area (TPSA) is 41.6 Å². The van der Waals surface area contributed by atoms with Crippen molar-refractivity contribution < 1.29 is 9.53 Å². The van der Waals surface area contributed by atoms with Crippen LogP contribution in [0.4, 0.5) is 0 Å². The fourth-order valence-corrected chi connectivity index (χ4v) is 2.96. The quantitative estimate of drug-likeness (QED) is 0.787. The molecule has 1 aromatic carbocycles. The van der Waals surface area contributed by atoms with Crippen molar-refractivity contribution in [2.75, 3.05) is 13.2 Å². The third-order valence-corrected chi connectivity index (χ3v) is 4.19. The summed E-state index contributed by atoms with van der Waals surface area (Å²) >= 11 is 0. The molecule has 124 valence electrons. The van der Waals surface area contributed by atoms with Gasteiger partial charge < -0.3 is 9.64 Å². The average Bonchev–Trinajstić information content (AvgIpc) is 2.74. The highest BCUT2D eigenvalue weighted by atomic mass is 16.5. The van der Waals surface area contributed by atoms with Crippen LogP contribution in [0.15, 0.2) is 24.3 Å². The molecule has 1 N–H and O–H groups in total. The maximum atomic E-state index is 12.7. The van der Waals surface area contributed by atoms with E-state index in [1.807, 2.05) is 29.2 Å². The lowest BCUT2D eigenvalue weighted by Crippen LogP contribution is -2.47. The summed E-state index contributed by atoms with van der Waals surface area (Å²) in [6, 6.07) is 7.60. The lowest BCUT2D eigenvalue weighted by atomic mass is 10.1. The lowest BCUT2D eigenvalue weighted by Gasteiger charge is -2.31. The fraction of sp³-hybridized carbons (Fsp3) is 0.526. The molecule has 0 aliphatic carbocycles. The van der Waals surface area contributed by atoms with Crippen molar-refractivity contribution in [3.05, 3.63) is 29.8 Å². The van der Waals surface area contributed by atoms with Crippen LogP contribution >= 0.6 is 0 Å². The zero-order chi connectivity index (χ0) is 16.9. The molecule has 23 heavy (non-hydrogen) atoms. The predicted molar refractivity (Wildman–Crippen MR) is 92.1 cm³/mol. The van der Waals surface area contributed by atoms with Gasteiger partial charge in [-0.15, -0.1) is 6.42 Å². The van der Waals surface area contributed by atoms with E-state index in [0.29, 0.717) is 6.42 Å². The van der Waals surface area contributed by atoms with Crippen LogP contribution in [-0.4, -0.2) is 35.7 Å². The van der Waals surface area contributed by atoms with E-state index in [9.17, 15) is 4.79 Å². The molecule has 0 spiro atoms. The van der Waals surface area contributed by atoms with Crippen LogP contribution in [0, 0.1) is 12.3 Å². The molecule has 1 aliphatic heterocycles. The van der Waals surface area contributed by atoms with Gasteiger partial charge in [-0.3, -0.25) is 10.1 Å². The second-order valence-corrected chi connectivity index (χ2v) is 6.44. The van der Waals surface area contributed by atoms with Crippen molar-refractivity contribution in [2.45, 2.75) is 51.7 Å². The number of nitrogens with zero attached hydrogens (tertiary/aromatic N) is 1. The standard InChI is InChI=1S/C19H26N2O2/c1-5-7-12-21-18(22)17(20-19(21,3)4)14-15-8-10-16(11-9-15)23-13-6-2/h2,8-11,17,20H,5,7,12-14H2,1,3-4H3/t17-/m0/s1. The first-order valence-corrected chi connectivity index (χ1v) is 8.22. The van der Waals surface area contributed by atoms with Crippen LogP contribution in [0.2, 0.25) is 0 Å². The van der Waals surface area contributed by atoms with Crippen molar-refractivity contribution in [3.8, 4) is 18.1 Å². The molecule has 4 heteroatoms. The van der Waals surface area contributed by atoms with Gasteiger partial charge in [0.15, 0.2) is 0 Å². The number of amides is 1. The summed E-state index contributed by atoms with van der Waals surface area (Å²) in [7, 11) is 0. The summed E-state index contributed by atoms with van der Waals surface area (Å²) in [6.45, 7) is 7.35. The van der Waals surface area contributed by atoms with E-state index in [0.717, 1.165) is 30.7 Å². The second-order valence-electron chi connectivity index (χ2n) is 6.44. The van der Waals surface area contributed by atoms with Gasteiger partial charge in [0.05, 0.1) is 11.7 Å². The summed E-state index contributed by atoms with van der Waals surface area (Å²) in [5.74, 6) is 3.39. The van der Waals surface area contributed by atoms with Crippen LogP contribution in [0.25, 0.3) is 0 Å². The normalized spacial score (nSPS) is 19.7. The second kappa shape index (κ2) is 7.52. The molecule has 2 rings (SSSR count). The molecule has 1 heterocycles. The van der Waals surface area contributed by atoms with Gasteiger partial charge in [0.1, 0.15) is 12.4 Å². The highest BCUT2D eigenvalue weighted by Crippen LogP contribution is 2.24. The minimum atomic E-state index is -0.285. The molecule has 0 radical (unpaired) electrons. The van der Waals surface area contributed by atoms with Gasteiger partial charge in [-0.25, -0.2) is 0 Å². The van der Waals surface area contributed by atoms with Gasteiger partial charge in [0, 0.05) is 6.54 Å². The molecule has 0 bridgehead atoms. The third kappa shape index (κ3) is 4.27. The minimum absolute atomic E-state index is 0.167. The predicted octanol–water partition coefficient (Wildman–Crippen LogP) is 2.58. The van der Waals surface area contributed by atoms with E-state index >= 15 is 0 Å². The molecule has 1 aromatic rings. The molecule has 4 nitrogen and oxygen atoms in total. The molecule has 0 saturated carbocycles. The Bertz CT molecular complexity index is 572. The third-order valence-electron chi connectivity index (χ3n) is 4.19. The van der Waals surface area contributed by atoms with Crippen LogP contribution in [0.1, 0.15) is 39.2 Å². The van der Waals surface area contributed by atoms with Gasteiger partial charge in [0.2, 0.25) is 5.91 Å². The Morgan fingerprint density at radius 2 is 2.04 bits per heavy atom. The van der Waals surface area contributed by atoms with Crippen LogP contribution in [-0.2, 0) is 11.2 Å². The Morgan fingerprint density at radius 3 is 2.65 bits per heavy atom. The summed E-state index contributed by atoms with van der Waals surface area (Å²) in [5.41, 5.74) is 0.823. The molecule has 1 saturated heterocycles. The highest BCUT2D eigenvalue weighted by molar-refractivity contribution is 5.85. The SMILES string of the molecule is C#CCOc1ccc(C[C@@H]2NC(C)(C)N(CCCC)C2=O)cc1. The Balaban J connectivity index is 2.00. The molecule has 1 fully saturated rings. The van der Waals surface area contributed by atoms with Gasteiger partial charge in [-0.2, -0.15) is 0 Å². The average molecular weight is 314 g/mol. The van der Waals surface area contributed by atoms with Crippen LogP contribution in [0.3, 0.4) is 0 Å². The summed E-state index contributed by atoms with van der Waals surface area (Å²) in [6.07, 6.45) is 7.98. The zero-order valence-electron chi connectivity index (χ0n) is 14.3. The van der Waals surface area contributed by atoms with E-state index in [1.165, 1.54) is 0 Å². The van der Waals surface area contributed by atoms with Gasteiger partial charge in [-0.1, -0.05) is 31.4 Å². The van der Waals surface area contributed by atoms with Crippen molar-refractivity contribution >= 4 is 5.91 Å². The lowest BCUT2D eigenvalue weighted by molar-refractivity contribution is -0.131. The Kier molecular flexibility index (Phi) is 5.68. The van der Waals surface area contributed by atoms with Crippen molar-refractivity contribution in [1.29, 1.82) is 0 Å². The smallest absolute Gasteiger partial charge is 0.241 e. The molecule has 1 amide bonds. The summed E-state index contributed by atoms with van der Waals surface area (Å²) in [5, 5.41) is 3.45. The molecule has 1 atom stereocenters. The first kappa shape index (κ1) is 17.4. The number of benzene rings is 1. The highest BCUT2D eigenvalue weighted by Gasteiger charge is 2.43. The Morgan fingerprint density at radius 1 is 1.35 bits per heavy atom. The summed E-state index contributed by atoms with van der Waals surface area (Å²) in [4.78, 5) is 14.6. The number of terminal acetylenes is 1. The number of carbonyl (C=O) groups excluding carboxylic acids is 1. The number of carbonyl (C=O) groups is 1. The van der Waals surface area contributed by atoms with E-state index < -0.39 is 0 Å². The zero-order valence-corrected chi connectivity index (χ0v) is 14.3. The van der Waals surface area contributed by atoms with E-state index in [2.05, 4.69) is 32.0 Å². The Labute approximate surface area is 139 Å². The molecular formula is C19H26N2O2. The van der Waals surface area contributed by atoms with Crippen LogP contribution in [0.5, 0.6) is 5.75 Å². The summed E-state index contributed by atoms with van der Waals surface area (Å²) < 4.78 is 5.37. The number of ether oxygens (including phenoxy) is 1. The molecule has 1 aliphatic rings. The monoisotopic (exact) mass is 314 g/mol. The maximum Gasteiger partial charge on any atom is 0.241 e. The van der Waals surface area contributed by atoms with E-state index in [1.54, 1.807) is 0 Å². The number of hydrogen-bond donors (Lipinski definition) is 1. The van der Waals surface area contributed by atoms with Crippen molar-refractivity contribution in [1.82, 2.24) is 10.2 Å². The fourth-order valence-electron chi connectivity index (χ4n) is 2.96. The van der Waals surface area contributed by atoms with E-state index in [4.69, 9.17) is 11.2 Å². The number of nitrogens with one attached hydrogen (secondary N) is 1. The molecule has 0 unspecified atom stereocenters. The minimum Gasteiger partial charge on any atom is -0.481 e. The Hall–Kier alpha value is -1.99. The number of rotatable bonds is 7. The van der Waals surface area contributed by atoms with Gasteiger partial charge in [-0.05, 0) is 44.4 Å². The molecular weight excluding hydrogens is 288 g/mol. The van der Waals surface area contributed by atoms with Crippen molar-refractivity contribution in [3.63, 3.8) is 0 Å². The van der Waals surface area contributed by atoms with Gasteiger partial charge in [0.25, 0.3) is 0 Å². The first-order chi connectivity index (χ1) is 11.0. The number of hydrogen-bond acceptors (Lipinski definition) is 3. The first-order valence-electron chi connectivity index (χ1n) is 8.22. The van der Waals surface area contributed by atoms with E-state index in [-0.39, 0.29) is 24.2 Å². The largest absolute Gasteiger partial charge is 0.481 e. The van der Waals surface area contributed by atoms with Crippen molar-refractivity contribution in [2.24, 2.45) is 0 Å².